The fourth-order valence-corrected chi connectivity index (χ4v) is 6.28. The Labute approximate surface area is 199 Å². The first-order chi connectivity index (χ1) is 16.6. The fraction of sp³-hybridized carbons (Fsp3) is 0.280. The van der Waals surface area contributed by atoms with E-state index in [1.54, 1.807) is 31.4 Å². The third kappa shape index (κ3) is 4.46. The van der Waals surface area contributed by atoms with Crippen molar-refractivity contribution in [1.82, 2.24) is 5.32 Å². The predicted octanol–water partition coefficient (Wildman–Crippen LogP) is 2.86. The van der Waals surface area contributed by atoms with Crippen LogP contribution in [0.25, 0.3) is 33.1 Å². The van der Waals surface area contributed by atoms with E-state index in [1.807, 2.05) is 6.07 Å². The van der Waals surface area contributed by atoms with E-state index in [4.69, 9.17) is 8.83 Å². The number of sulfone groups is 1. The van der Waals surface area contributed by atoms with Crippen molar-refractivity contribution in [2.75, 3.05) is 11.5 Å². The van der Waals surface area contributed by atoms with Crippen molar-refractivity contribution < 1.29 is 31.5 Å². The zero-order chi connectivity index (χ0) is 24.9. The summed E-state index contributed by atoms with van der Waals surface area (Å²) in [5, 5.41) is 13.8. The average molecular weight is 500 g/mol. The van der Waals surface area contributed by atoms with Crippen molar-refractivity contribution in [1.29, 1.82) is 0 Å². The molecule has 10 heteroatoms. The number of benzene rings is 2. The molecule has 0 spiro atoms. The maximum atomic E-state index is 13.3. The molecule has 1 saturated heterocycles. The van der Waals surface area contributed by atoms with E-state index in [9.17, 15) is 27.5 Å². The number of fused-ring (bicyclic) bond motifs is 2. The molecule has 8 nitrogen and oxygen atoms in total. The van der Waals surface area contributed by atoms with Gasteiger partial charge in [-0.2, -0.15) is 0 Å². The van der Waals surface area contributed by atoms with Gasteiger partial charge in [-0.25, -0.2) is 17.6 Å². The number of hydrogen-bond acceptors (Lipinski definition) is 7. The van der Waals surface area contributed by atoms with Gasteiger partial charge in [0.15, 0.2) is 9.84 Å². The van der Waals surface area contributed by atoms with E-state index in [0.29, 0.717) is 27.7 Å². The molecule has 1 amide bonds. The van der Waals surface area contributed by atoms with Crippen LogP contribution in [0.2, 0.25) is 0 Å². The number of aliphatic hydroxyl groups excluding tert-OH is 1. The summed E-state index contributed by atoms with van der Waals surface area (Å²) in [6, 6.07) is 8.64. The lowest BCUT2D eigenvalue weighted by molar-refractivity contribution is -0.122. The fourth-order valence-electron chi connectivity index (χ4n) is 4.54. The second kappa shape index (κ2) is 8.62. The summed E-state index contributed by atoms with van der Waals surface area (Å²) in [5.74, 6) is -1.50. The van der Waals surface area contributed by atoms with Crippen LogP contribution in [-0.2, 0) is 21.1 Å². The Morgan fingerprint density at radius 3 is 2.57 bits per heavy atom. The van der Waals surface area contributed by atoms with E-state index in [1.165, 1.54) is 12.1 Å². The number of carbonyl (C=O) groups excluding carboxylic acids is 1. The SMILES string of the molecule is Cc1c(CCC(=O)N[C@H]2CS(=O)(=O)C[C@H]2O)c(=O)oc2cc3occ(-c4ccc(F)cc4)c3cc12. The topological polar surface area (TPSA) is 127 Å². The molecule has 5 rings (SSSR count). The molecule has 0 unspecified atom stereocenters. The minimum atomic E-state index is -3.39. The second-order valence-corrected chi connectivity index (χ2v) is 11.0. The first kappa shape index (κ1) is 23.3. The van der Waals surface area contributed by atoms with Crippen molar-refractivity contribution in [2.45, 2.75) is 31.9 Å². The van der Waals surface area contributed by atoms with Gasteiger partial charge < -0.3 is 19.3 Å². The average Bonchev–Trinajstić information content (AvgIpc) is 3.31. The molecule has 182 valence electrons. The van der Waals surface area contributed by atoms with Crippen LogP contribution >= 0.6 is 0 Å². The van der Waals surface area contributed by atoms with Gasteiger partial charge in [-0.1, -0.05) is 12.1 Å². The van der Waals surface area contributed by atoms with Crippen LogP contribution in [0.1, 0.15) is 17.5 Å². The Morgan fingerprint density at radius 2 is 1.89 bits per heavy atom. The van der Waals surface area contributed by atoms with Crippen molar-refractivity contribution in [2.24, 2.45) is 0 Å². The molecular weight excluding hydrogens is 477 g/mol. The predicted molar refractivity (Wildman–Crippen MR) is 127 cm³/mol. The standard InChI is InChI=1S/C25H22FNO7S/c1-13-16(6-7-24(29)27-20-11-35(31,32)12-21(20)28)25(30)34-23-9-22-18(8-17(13)23)19(10-33-22)14-2-4-15(26)5-3-14/h2-5,8-10,20-21,28H,6-7,11-12H2,1H3,(H,27,29)/t20-,21+/m0/s1. The molecule has 1 aliphatic rings. The summed E-state index contributed by atoms with van der Waals surface area (Å²) < 4.78 is 47.8. The smallest absolute Gasteiger partial charge is 0.339 e. The summed E-state index contributed by atoms with van der Waals surface area (Å²) in [6.45, 7) is 1.77. The molecule has 1 aliphatic heterocycles. The second-order valence-electron chi connectivity index (χ2n) is 8.81. The highest BCUT2D eigenvalue weighted by molar-refractivity contribution is 7.91. The van der Waals surface area contributed by atoms with Crippen LogP contribution in [-0.4, -0.2) is 43.1 Å². The molecule has 0 aliphatic carbocycles. The van der Waals surface area contributed by atoms with Crippen molar-refractivity contribution in [3.05, 3.63) is 70.0 Å². The summed E-state index contributed by atoms with van der Waals surface area (Å²) >= 11 is 0. The highest BCUT2D eigenvalue weighted by Gasteiger charge is 2.37. The summed E-state index contributed by atoms with van der Waals surface area (Å²) in [7, 11) is -3.39. The van der Waals surface area contributed by atoms with Crippen molar-refractivity contribution in [3.63, 3.8) is 0 Å². The van der Waals surface area contributed by atoms with Gasteiger partial charge in [-0.15, -0.1) is 0 Å². The molecule has 2 aromatic carbocycles. The molecule has 0 bridgehead atoms. The Balaban J connectivity index is 1.43. The lowest BCUT2D eigenvalue weighted by Crippen LogP contribution is -2.42. The Kier molecular flexibility index (Phi) is 5.72. The molecular formula is C25H22FNO7S. The minimum Gasteiger partial charge on any atom is -0.464 e. The highest BCUT2D eigenvalue weighted by atomic mass is 32.2. The van der Waals surface area contributed by atoms with Gasteiger partial charge in [0.2, 0.25) is 5.91 Å². The number of amides is 1. The van der Waals surface area contributed by atoms with Gasteiger partial charge in [0, 0.05) is 34.4 Å². The quantitative estimate of drug-likeness (QED) is 0.404. The Bertz CT molecular complexity index is 1620. The van der Waals surface area contributed by atoms with E-state index in [-0.39, 0.29) is 30.2 Å². The highest BCUT2D eigenvalue weighted by Crippen LogP contribution is 2.34. The first-order valence-electron chi connectivity index (χ1n) is 11.0. The van der Waals surface area contributed by atoms with Crippen LogP contribution in [0.4, 0.5) is 4.39 Å². The monoisotopic (exact) mass is 499 g/mol. The number of rotatable bonds is 5. The van der Waals surface area contributed by atoms with Gasteiger partial charge in [0.1, 0.15) is 17.0 Å². The normalized spacial score (nSPS) is 19.4. The molecule has 2 atom stereocenters. The van der Waals surface area contributed by atoms with Gasteiger partial charge in [-0.05, 0) is 42.7 Å². The van der Waals surface area contributed by atoms with E-state index < -0.39 is 33.5 Å². The first-order valence-corrected chi connectivity index (χ1v) is 12.8. The molecule has 2 aromatic heterocycles. The van der Waals surface area contributed by atoms with Crippen LogP contribution in [0, 0.1) is 12.7 Å². The van der Waals surface area contributed by atoms with Crippen LogP contribution in [0.5, 0.6) is 0 Å². The largest absolute Gasteiger partial charge is 0.464 e. The molecule has 4 aromatic rings. The van der Waals surface area contributed by atoms with Crippen LogP contribution in [0.15, 0.2) is 56.3 Å². The van der Waals surface area contributed by atoms with E-state index in [0.717, 1.165) is 16.5 Å². The third-order valence-corrected chi connectivity index (χ3v) is 8.12. The number of aliphatic hydroxyl groups is 1. The van der Waals surface area contributed by atoms with Gasteiger partial charge in [-0.3, -0.25) is 4.79 Å². The summed E-state index contributed by atoms with van der Waals surface area (Å²) in [6.07, 6.45) is 0.422. The molecule has 35 heavy (non-hydrogen) atoms. The summed E-state index contributed by atoms with van der Waals surface area (Å²) in [4.78, 5) is 25.1. The maximum Gasteiger partial charge on any atom is 0.339 e. The number of nitrogens with one attached hydrogen (secondary N) is 1. The number of furan rings is 1. The van der Waals surface area contributed by atoms with Gasteiger partial charge in [0.05, 0.1) is 29.9 Å². The van der Waals surface area contributed by atoms with Gasteiger partial charge >= 0.3 is 5.63 Å². The third-order valence-electron chi connectivity index (χ3n) is 6.41. The molecule has 3 heterocycles. The van der Waals surface area contributed by atoms with Crippen molar-refractivity contribution in [3.8, 4) is 11.1 Å². The van der Waals surface area contributed by atoms with Crippen LogP contribution in [0.3, 0.4) is 0 Å². The van der Waals surface area contributed by atoms with Crippen LogP contribution < -0.4 is 10.9 Å². The number of carbonyl (C=O) groups is 1. The molecule has 1 fully saturated rings. The minimum absolute atomic E-state index is 0.0742. The Morgan fingerprint density at radius 1 is 1.14 bits per heavy atom. The molecule has 0 saturated carbocycles. The van der Waals surface area contributed by atoms with Crippen molar-refractivity contribution >= 4 is 37.7 Å². The molecule has 0 radical (unpaired) electrons. The number of aryl methyl sites for hydroxylation is 1. The Hall–Kier alpha value is -3.50. The van der Waals surface area contributed by atoms with Gasteiger partial charge in [0.25, 0.3) is 0 Å². The lowest BCUT2D eigenvalue weighted by atomic mass is 9.99. The zero-order valence-corrected chi connectivity index (χ0v) is 19.5. The number of hydrogen-bond donors (Lipinski definition) is 2. The molecule has 2 N–H and O–H groups in total. The lowest BCUT2D eigenvalue weighted by Gasteiger charge is -2.15. The van der Waals surface area contributed by atoms with E-state index >= 15 is 0 Å². The summed E-state index contributed by atoms with van der Waals surface area (Å²) in [5.41, 5.74) is 2.80. The van der Waals surface area contributed by atoms with E-state index in [2.05, 4.69) is 5.32 Å². The number of halogens is 1. The maximum absolute atomic E-state index is 13.3. The zero-order valence-electron chi connectivity index (χ0n) is 18.7.